The number of methoxy groups -OCH3 is 1. The van der Waals surface area contributed by atoms with Gasteiger partial charge < -0.3 is 10.1 Å². The molecule has 0 amide bonds. The van der Waals surface area contributed by atoms with E-state index in [-0.39, 0.29) is 10.9 Å². The van der Waals surface area contributed by atoms with Crippen molar-refractivity contribution in [1.82, 2.24) is 9.62 Å². The van der Waals surface area contributed by atoms with E-state index in [1.54, 1.807) is 22.5 Å². The third kappa shape index (κ3) is 3.59. The highest BCUT2D eigenvalue weighted by atomic mass is 79.9. The van der Waals surface area contributed by atoms with E-state index in [2.05, 4.69) is 21.2 Å². The van der Waals surface area contributed by atoms with Crippen LogP contribution >= 0.6 is 15.9 Å². The molecule has 21 heavy (non-hydrogen) atoms. The van der Waals surface area contributed by atoms with Gasteiger partial charge in [0.1, 0.15) is 10.6 Å². The normalized spacial score (nSPS) is 17.1. The number of ether oxygens (including phenoxy) is 1. The summed E-state index contributed by atoms with van der Waals surface area (Å²) in [6, 6.07) is 5.11. The maximum absolute atomic E-state index is 13.0. The fourth-order valence-electron chi connectivity index (χ4n) is 2.70. The highest BCUT2D eigenvalue weighted by Crippen LogP contribution is 2.31. The second kappa shape index (κ2) is 7.09. The predicted octanol–water partition coefficient (Wildman–Crippen LogP) is 2.22. The lowest BCUT2D eigenvalue weighted by Gasteiger charge is -2.33. The molecule has 1 N–H and O–H groups in total. The maximum atomic E-state index is 13.0. The van der Waals surface area contributed by atoms with Crippen LogP contribution in [0.25, 0.3) is 0 Å². The van der Waals surface area contributed by atoms with E-state index in [1.807, 2.05) is 6.92 Å². The van der Waals surface area contributed by atoms with Gasteiger partial charge in [-0.15, -0.1) is 0 Å². The molecular weight excluding hydrogens is 356 g/mol. The molecule has 1 aromatic rings. The molecule has 1 heterocycles. The van der Waals surface area contributed by atoms with Crippen molar-refractivity contribution in [2.75, 3.05) is 26.7 Å². The van der Waals surface area contributed by atoms with Gasteiger partial charge in [0.2, 0.25) is 10.0 Å². The first-order valence-electron chi connectivity index (χ1n) is 7.06. The van der Waals surface area contributed by atoms with Crippen LogP contribution in [-0.2, 0) is 10.0 Å². The van der Waals surface area contributed by atoms with Gasteiger partial charge >= 0.3 is 0 Å². The average molecular weight is 377 g/mol. The predicted molar refractivity (Wildman–Crippen MR) is 86.2 cm³/mol. The van der Waals surface area contributed by atoms with Gasteiger partial charge in [-0.05, 0) is 44.1 Å². The van der Waals surface area contributed by atoms with Crippen molar-refractivity contribution < 1.29 is 13.2 Å². The first-order chi connectivity index (χ1) is 10.0. The number of piperidine rings is 1. The summed E-state index contributed by atoms with van der Waals surface area (Å²) in [6.07, 6.45) is 1.67. The van der Waals surface area contributed by atoms with Crippen LogP contribution in [0.2, 0.25) is 0 Å². The van der Waals surface area contributed by atoms with Crippen molar-refractivity contribution in [3.05, 3.63) is 22.7 Å². The molecule has 0 aromatic heterocycles. The number of halogens is 1. The third-order valence-electron chi connectivity index (χ3n) is 3.74. The van der Waals surface area contributed by atoms with Crippen molar-refractivity contribution in [3.8, 4) is 5.75 Å². The Balaban J connectivity index is 2.41. The number of rotatable bonds is 5. The van der Waals surface area contributed by atoms with Gasteiger partial charge in [0.05, 0.1) is 7.11 Å². The molecule has 2 rings (SSSR count). The van der Waals surface area contributed by atoms with E-state index in [1.165, 1.54) is 7.11 Å². The van der Waals surface area contributed by atoms with Gasteiger partial charge in [-0.2, -0.15) is 4.31 Å². The van der Waals surface area contributed by atoms with Crippen molar-refractivity contribution in [1.29, 1.82) is 0 Å². The highest BCUT2D eigenvalue weighted by Gasteiger charge is 2.33. The monoisotopic (exact) mass is 376 g/mol. The molecule has 1 fully saturated rings. The molecule has 0 saturated carbocycles. The molecule has 0 unspecified atom stereocenters. The minimum Gasteiger partial charge on any atom is -0.495 e. The van der Waals surface area contributed by atoms with E-state index < -0.39 is 10.0 Å². The number of nitrogens with one attached hydrogen (secondary N) is 1. The molecule has 0 atom stereocenters. The zero-order chi connectivity index (χ0) is 15.5. The van der Waals surface area contributed by atoms with Gasteiger partial charge in [-0.25, -0.2) is 8.42 Å². The standard InChI is InChI=1S/C14H21BrN2O3S/c1-3-17(12-6-8-16-9-7-12)21(18,19)14-10-11(15)4-5-13(14)20-2/h4-5,10,12,16H,3,6-9H2,1-2H3. The summed E-state index contributed by atoms with van der Waals surface area (Å²) < 4.78 is 33.5. The Bertz CT molecular complexity index is 586. The van der Waals surface area contributed by atoms with Crippen LogP contribution < -0.4 is 10.1 Å². The second-order valence-corrected chi connectivity index (χ2v) is 7.76. The Hall–Kier alpha value is -0.630. The van der Waals surface area contributed by atoms with Gasteiger partial charge in [-0.1, -0.05) is 22.9 Å². The lowest BCUT2D eigenvalue weighted by molar-refractivity contribution is 0.269. The minimum atomic E-state index is -3.57. The SMILES string of the molecule is CCN(C1CCNCC1)S(=O)(=O)c1cc(Br)ccc1OC. The zero-order valence-electron chi connectivity index (χ0n) is 12.3. The van der Waals surface area contributed by atoms with E-state index in [0.717, 1.165) is 30.4 Å². The Morgan fingerprint density at radius 2 is 2.05 bits per heavy atom. The van der Waals surface area contributed by atoms with Crippen molar-refractivity contribution in [3.63, 3.8) is 0 Å². The molecule has 1 aromatic carbocycles. The lowest BCUT2D eigenvalue weighted by Crippen LogP contribution is -2.46. The molecule has 1 aliphatic heterocycles. The second-order valence-electron chi connectivity index (χ2n) is 4.98. The minimum absolute atomic E-state index is 0.0462. The molecule has 7 heteroatoms. The van der Waals surface area contributed by atoms with Gasteiger partial charge in [0.25, 0.3) is 0 Å². The average Bonchev–Trinajstić information content (AvgIpc) is 2.49. The van der Waals surface area contributed by atoms with E-state index in [0.29, 0.717) is 12.3 Å². The fourth-order valence-corrected chi connectivity index (χ4v) is 5.09. The van der Waals surface area contributed by atoms with Gasteiger partial charge in [0.15, 0.2) is 0 Å². The molecule has 0 spiro atoms. The van der Waals surface area contributed by atoms with Gasteiger partial charge in [-0.3, -0.25) is 0 Å². The summed E-state index contributed by atoms with van der Waals surface area (Å²) in [5.41, 5.74) is 0. The highest BCUT2D eigenvalue weighted by molar-refractivity contribution is 9.10. The molecular formula is C14H21BrN2O3S. The van der Waals surface area contributed by atoms with Crippen LogP contribution in [0.1, 0.15) is 19.8 Å². The van der Waals surface area contributed by atoms with Crippen LogP contribution in [0.15, 0.2) is 27.6 Å². The van der Waals surface area contributed by atoms with E-state index >= 15 is 0 Å². The summed E-state index contributed by atoms with van der Waals surface area (Å²) in [4.78, 5) is 0.222. The van der Waals surface area contributed by atoms with Crippen LogP contribution in [0, 0.1) is 0 Å². The topological polar surface area (TPSA) is 58.6 Å². The van der Waals surface area contributed by atoms with Crippen LogP contribution in [0.4, 0.5) is 0 Å². The summed E-state index contributed by atoms with van der Waals surface area (Å²) in [7, 11) is -2.08. The van der Waals surface area contributed by atoms with E-state index in [4.69, 9.17) is 4.74 Å². The zero-order valence-corrected chi connectivity index (χ0v) is 14.7. The van der Waals surface area contributed by atoms with Crippen LogP contribution in [0.5, 0.6) is 5.75 Å². The Morgan fingerprint density at radius 3 is 2.62 bits per heavy atom. The lowest BCUT2D eigenvalue weighted by atomic mass is 10.1. The summed E-state index contributed by atoms with van der Waals surface area (Å²) in [5, 5.41) is 3.26. The molecule has 5 nitrogen and oxygen atoms in total. The third-order valence-corrected chi connectivity index (χ3v) is 6.28. The quantitative estimate of drug-likeness (QED) is 0.855. The smallest absolute Gasteiger partial charge is 0.247 e. The Labute approximate surface area is 134 Å². The van der Waals surface area contributed by atoms with Crippen molar-refractivity contribution >= 4 is 26.0 Å². The number of hydrogen-bond donors (Lipinski definition) is 1. The van der Waals surface area contributed by atoms with Crippen LogP contribution in [0.3, 0.4) is 0 Å². The number of nitrogens with zero attached hydrogens (tertiary/aromatic N) is 1. The Kier molecular flexibility index (Phi) is 5.65. The van der Waals surface area contributed by atoms with Crippen molar-refractivity contribution in [2.45, 2.75) is 30.7 Å². The maximum Gasteiger partial charge on any atom is 0.247 e. The van der Waals surface area contributed by atoms with Crippen LogP contribution in [-0.4, -0.2) is 45.5 Å². The number of hydrogen-bond acceptors (Lipinski definition) is 4. The summed E-state index contributed by atoms with van der Waals surface area (Å²) in [6.45, 7) is 4.05. The molecule has 0 radical (unpaired) electrons. The molecule has 1 aliphatic rings. The largest absolute Gasteiger partial charge is 0.495 e. The summed E-state index contributed by atoms with van der Waals surface area (Å²) in [5.74, 6) is 0.380. The molecule has 0 aliphatic carbocycles. The number of benzene rings is 1. The molecule has 0 bridgehead atoms. The number of sulfonamides is 1. The van der Waals surface area contributed by atoms with Gasteiger partial charge in [0, 0.05) is 17.1 Å². The molecule has 1 saturated heterocycles. The summed E-state index contributed by atoms with van der Waals surface area (Å²) >= 11 is 3.34. The first kappa shape index (κ1) is 16.7. The van der Waals surface area contributed by atoms with Crippen molar-refractivity contribution in [2.24, 2.45) is 0 Å². The first-order valence-corrected chi connectivity index (χ1v) is 9.30. The fraction of sp³-hybridized carbons (Fsp3) is 0.571. The molecule has 118 valence electrons. The van der Waals surface area contributed by atoms with E-state index in [9.17, 15) is 8.42 Å². The Morgan fingerprint density at radius 1 is 1.38 bits per heavy atom.